The number of carbonyl (C=O) groups is 1. The lowest BCUT2D eigenvalue weighted by Gasteiger charge is -2.26. The Bertz CT molecular complexity index is 551. The summed E-state index contributed by atoms with van der Waals surface area (Å²) in [5.41, 5.74) is 1.75. The normalized spacial score (nSPS) is 32.1. The number of methoxy groups -OCH3 is 1. The minimum absolute atomic E-state index is 0.0147. The summed E-state index contributed by atoms with van der Waals surface area (Å²) in [5.74, 6) is 0.833. The Balaban J connectivity index is 1.86. The first-order chi connectivity index (χ1) is 9.60. The molecule has 2 fully saturated rings. The molecule has 1 aromatic rings. The van der Waals surface area contributed by atoms with Gasteiger partial charge in [0.1, 0.15) is 5.75 Å². The van der Waals surface area contributed by atoms with Crippen LogP contribution < -0.4 is 4.74 Å². The van der Waals surface area contributed by atoms with Crippen LogP contribution in [0.2, 0.25) is 0 Å². The lowest BCUT2D eigenvalue weighted by atomic mass is 9.89. The molecule has 2 atom stereocenters. The lowest BCUT2D eigenvalue weighted by Crippen LogP contribution is -2.32. The molecular weight excluding hydrogens is 272 g/mol. The van der Waals surface area contributed by atoms with Gasteiger partial charge in [0, 0.05) is 27.2 Å². The summed E-state index contributed by atoms with van der Waals surface area (Å²) in [6.07, 6.45) is 3.59. The van der Waals surface area contributed by atoms with Gasteiger partial charge in [-0.05, 0) is 44.7 Å². The zero-order chi connectivity index (χ0) is 14.3. The van der Waals surface area contributed by atoms with Crippen LogP contribution in [0.25, 0.3) is 0 Å². The molecule has 2 bridgehead atoms. The molecule has 2 unspecified atom stereocenters. The van der Waals surface area contributed by atoms with Crippen molar-refractivity contribution in [1.82, 2.24) is 0 Å². The second-order valence-corrected chi connectivity index (χ2v) is 7.88. The fraction of sp³-hybridized carbons (Fsp3) is 0.562. The van der Waals surface area contributed by atoms with Gasteiger partial charge in [0.05, 0.1) is 12.7 Å². The molecule has 108 valence electrons. The first-order valence-electron chi connectivity index (χ1n) is 7.18. The number of hydrogen-bond donors (Lipinski definition) is 0. The predicted octanol–water partition coefficient (Wildman–Crippen LogP) is 2.88. The molecule has 2 aliphatic heterocycles. The molecule has 1 aromatic carbocycles. The molecule has 0 amide bonds. The summed E-state index contributed by atoms with van der Waals surface area (Å²) in [7, 11) is 0.891. The zero-order valence-electron chi connectivity index (χ0n) is 11.9. The molecule has 2 saturated heterocycles. The van der Waals surface area contributed by atoms with E-state index in [1.165, 1.54) is 0 Å². The van der Waals surface area contributed by atoms with Crippen LogP contribution in [-0.4, -0.2) is 27.6 Å². The number of carbonyl (C=O) groups excluding carboxylic acids is 1. The molecule has 0 radical (unpaired) electrons. The van der Waals surface area contributed by atoms with Gasteiger partial charge in [-0.3, -0.25) is 9.00 Å². The van der Waals surface area contributed by atoms with Crippen molar-refractivity contribution in [2.75, 3.05) is 7.11 Å². The molecule has 20 heavy (non-hydrogen) atoms. The summed E-state index contributed by atoms with van der Waals surface area (Å²) in [6.45, 7) is 1.98. The molecule has 0 saturated carbocycles. The molecule has 0 N–H and O–H groups in total. The molecule has 4 heteroatoms. The van der Waals surface area contributed by atoms with Gasteiger partial charge in [0.2, 0.25) is 0 Å². The number of hydrogen-bond acceptors (Lipinski definition) is 3. The number of Topliss-reactive ketones (excluding diaryl/α,β-unsaturated/α-hetero) is 1. The molecule has 2 heterocycles. The zero-order valence-corrected chi connectivity index (χ0v) is 12.7. The Morgan fingerprint density at radius 3 is 2.50 bits per heavy atom. The van der Waals surface area contributed by atoms with Crippen molar-refractivity contribution in [1.29, 1.82) is 0 Å². The molecule has 2 aliphatic rings. The third-order valence-corrected chi connectivity index (χ3v) is 6.72. The van der Waals surface area contributed by atoms with Crippen molar-refractivity contribution >= 4 is 16.6 Å². The molecular formula is C16H20O3S. The maximum Gasteiger partial charge on any atom is 0.169 e. The Morgan fingerprint density at radius 2 is 1.90 bits per heavy atom. The first-order valence-corrected chi connectivity index (χ1v) is 8.46. The highest BCUT2D eigenvalue weighted by molar-refractivity contribution is 7.86. The highest BCUT2D eigenvalue weighted by Crippen LogP contribution is 2.40. The Kier molecular flexibility index (Phi) is 3.67. The van der Waals surface area contributed by atoms with E-state index < -0.39 is 10.8 Å². The number of ketones is 1. The predicted molar refractivity (Wildman–Crippen MR) is 79.7 cm³/mol. The third kappa shape index (κ3) is 2.30. The summed E-state index contributed by atoms with van der Waals surface area (Å²) < 4.78 is 17.4. The van der Waals surface area contributed by atoms with Crippen molar-refractivity contribution < 1.29 is 13.7 Å². The van der Waals surface area contributed by atoms with Crippen LogP contribution in [0.4, 0.5) is 0 Å². The van der Waals surface area contributed by atoms with Gasteiger partial charge in [0.15, 0.2) is 5.78 Å². The summed E-state index contributed by atoms with van der Waals surface area (Å²) in [4.78, 5) is 12.8. The minimum atomic E-state index is -0.707. The Hall–Kier alpha value is -1.16. The van der Waals surface area contributed by atoms with Gasteiger partial charge >= 0.3 is 0 Å². The van der Waals surface area contributed by atoms with Gasteiger partial charge in [-0.15, -0.1) is 0 Å². The molecule has 3 nitrogen and oxygen atoms in total. The maximum atomic E-state index is 12.8. The van der Waals surface area contributed by atoms with Crippen molar-refractivity contribution in [3.63, 3.8) is 0 Å². The van der Waals surface area contributed by atoms with E-state index in [-0.39, 0.29) is 22.2 Å². The quantitative estimate of drug-likeness (QED) is 0.805. The Morgan fingerprint density at radius 1 is 1.25 bits per heavy atom. The summed E-state index contributed by atoms with van der Waals surface area (Å²) >= 11 is 0. The lowest BCUT2D eigenvalue weighted by molar-refractivity contribution is 0.0903. The van der Waals surface area contributed by atoms with Crippen molar-refractivity contribution in [2.24, 2.45) is 5.92 Å². The molecule has 3 rings (SSSR count). The summed E-state index contributed by atoms with van der Waals surface area (Å²) in [5, 5.41) is 0.469. The van der Waals surface area contributed by atoms with Crippen LogP contribution in [0.3, 0.4) is 0 Å². The van der Waals surface area contributed by atoms with E-state index in [2.05, 4.69) is 0 Å². The molecule has 0 aliphatic carbocycles. The maximum absolute atomic E-state index is 12.8. The van der Waals surface area contributed by atoms with E-state index in [1.54, 1.807) is 7.11 Å². The second kappa shape index (κ2) is 5.32. The SMILES string of the molecule is COc1ccc(C)cc1C(=O)C1CC2CCC(C1)S2=O. The minimum Gasteiger partial charge on any atom is -0.496 e. The second-order valence-electron chi connectivity index (χ2n) is 5.89. The average Bonchev–Trinajstić information content (AvgIpc) is 2.68. The number of aryl methyl sites for hydroxylation is 1. The van der Waals surface area contributed by atoms with Gasteiger partial charge in [-0.1, -0.05) is 11.6 Å². The monoisotopic (exact) mass is 292 g/mol. The smallest absolute Gasteiger partial charge is 0.169 e. The number of rotatable bonds is 3. The summed E-state index contributed by atoms with van der Waals surface area (Å²) in [6, 6.07) is 5.72. The standard InChI is InChI=1S/C16H20O3S/c1-10-3-6-15(19-2)14(7-10)16(17)11-8-12-4-5-13(9-11)20(12)18/h3,6-7,11-13H,4-5,8-9H2,1-2H3. The van der Waals surface area contributed by atoms with E-state index in [0.29, 0.717) is 11.3 Å². The van der Waals surface area contributed by atoms with Crippen molar-refractivity contribution in [3.8, 4) is 5.75 Å². The highest BCUT2D eigenvalue weighted by Gasteiger charge is 2.43. The van der Waals surface area contributed by atoms with Crippen LogP contribution in [0.15, 0.2) is 18.2 Å². The number of fused-ring (bicyclic) bond motifs is 2. The largest absolute Gasteiger partial charge is 0.496 e. The number of ether oxygens (including phenoxy) is 1. The molecule has 0 aromatic heterocycles. The van der Waals surface area contributed by atoms with E-state index in [0.717, 1.165) is 31.2 Å². The molecule has 0 spiro atoms. The first kappa shape index (κ1) is 13.8. The van der Waals surface area contributed by atoms with E-state index in [9.17, 15) is 9.00 Å². The fourth-order valence-electron chi connectivity index (χ4n) is 3.48. The van der Waals surface area contributed by atoms with Crippen LogP contribution in [0.5, 0.6) is 5.75 Å². The van der Waals surface area contributed by atoms with Crippen LogP contribution >= 0.6 is 0 Å². The van der Waals surface area contributed by atoms with E-state index >= 15 is 0 Å². The van der Waals surface area contributed by atoms with Gasteiger partial charge < -0.3 is 4.74 Å². The number of benzene rings is 1. The van der Waals surface area contributed by atoms with Crippen molar-refractivity contribution in [3.05, 3.63) is 29.3 Å². The van der Waals surface area contributed by atoms with E-state index in [4.69, 9.17) is 4.74 Å². The van der Waals surface area contributed by atoms with Crippen LogP contribution in [0, 0.1) is 12.8 Å². The van der Waals surface area contributed by atoms with Gasteiger partial charge in [-0.2, -0.15) is 0 Å². The van der Waals surface area contributed by atoms with Gasteiger partial charge in [-0.25, -0.2) is 0 Å². The van der Waals surface area contributed by atoms with E-state index in [1.807, 2.05) is 25.1 Å². The topological polar surface area (TPSA) is 43.4 Å². The third-order valence-electron chi connectivity index (χ3n) is 4.55. The van der Waals surface area contributed by atoms with Gasteiger partial charge in [0.25, 0.3) is 0 Å². The van der Waals surface area contributed by atoms with Crippen molar-refractivity contribution in [2.45, 2.75) is 43.1 Å². The Labute approximate surface area is 122 Å². The highest BCUT2D eigenvalue weighted by atomic mass is 32.2. The van der Waals surface area contributed by atoms with Crippen LogP contribution in [0.1, 0.15) is 41.6 Å². The fourth-order valence-corrected chi connectivity index (χ4v) is 5.61. The average molecular weight is 292 g/mol. The van der Waals surface area contributed by atoms with Crippen LogP contribution in [-0.2, 0) is 10.8 Å².